The molecule has 4 aromatic rings. The van der Waals surface area contributed by atoms with E-state index in [1.54, 1.807) is 25.4 Å². The van der Waals surface area contributed by atoms with E-state index < -0.39 is 11.0 Å². The van der Waals surface area contributed by atoms with Crippen molar-refractivity contribution in [3.05, 3.63) is 88.7 Å². The molecule has 1 amide bonds. The average Bonchev–Trinajstić information content (AvgIpc) is 3.14. The van der Waals surface area contributed by atoms with Gasteiger partial charge in [0.05, 0.1) is 17.8 Å². The summed E-state index contributed by atoms with van der Waals surface area (Å²) in [6.45, 7) is 2.63. The van der Waals surface area contributed by atoms with Crippen LogP contribution in [0.25, 0.3) is 22.3 Å². The molecule has 1 aromatic heterocycles. The third-order valence-corrected chi connectivity index (χ3v) is 7.23. The molecule has 0 bridgehead atoms. The van der Waals surface area contributed by atoms with Gasteiger partial charge in [-0.25, -0.2) is 8.60 Å². The van der Waals surface area contributed by atoms with Gasteiger partial charge >= 0.3 is 0 Å². The van der Waals surface area contributed by atoms with Gasteiger partial charge in [0, 0.05) is 36.2 Å². The number of furan rings is 1. The third-order valence-electron chi connectivity index (χ3n) is 6.28. The maximum atomic E-state index is 13.5. The number of carbonyl (C=O) groups is 1. The Morgan fingerprint density at radius 3 is 2.55 bits per heavy atom. The minimum absolute atomic E-state index is 0.0239. The van der Waals surface area contributed by atoms with Crippen LogP contribution in [-0.4, -0.2) is 23.4 Å². The lowest BCUT2D eigenvalue weighted by Gasteiger charge is -2.22. The second kappa shape index (κ2) is 8.15. The number of benzene rings is 3. The zero-order valence-corrected chi connectivity index (χ0v) is 19.3. The number of fused-ring (bicyclic) bond motifs is 3. The zero-order valence-electron chi connectivity index (χ0n) is 18.5. The molecule has 2 atom stereocenters. The van der Waals surface area contributed by atoms with E-state index in [1.165, 1.54) is 12.1 Å². The summed E-state index contributed by atoms with van der Waals surface area (Å²) < 4.78 is 34.3. The number of nitrogens with zero attached hydrogens (tertiary/aromatic N) is 1. The molecule has 0 spiro atoms. The van der Waals surface area contributed by atoms with E-state index in [9.17, 15) is 13.4 Å². The third kappa shape index (κ3) is 3.53. The molecule has 7 heteroatoms. The van der Waals surface area contributed by atoms with Gasteiger partial charge < -0.3 is 9.73 Å². The minimum Gasteiger partial charge on any atom is -0.455 e. The minimum atomic E-state index is -1.27. The quantitative estimate of drug-likeness (QED) is 0.446. The molecule has 5 nitrogen and oxygen atoms in total. The molecular weight excluding hydrogens is 439 g/mol. The Morgan fingerprint density at radius 1 is 1.12 bits per heavy atom. The highest BCUT2D eigenvalue weighted by molar-refractivity contribution is 7.85. The normalized spacial score (nSPS) is 16.1. The Morgan fingerprint density at radius 2 is 1.85 bits per heavy atom. The first kappa shape index (κ1) is 21.4. The van der Waals surface area contributed by atoms with Crippen LogP contribution in [0.15, 0.2) is 65.1 Å². The van der Waals surface area contributed by atoms with Gasteiger partial charge in [0.2, 0.25) is 0 Å². The first-order valence-corrected chi connectivity index (χ1v) is 12.2. The maximum Gasteiger partial charge on any atom is 0.255 e. The summed E-state index contributed by atoms with van der Waals surface area (Å²) in [7, 11) is 0.303. The number of anilines is 1. The number of hydrogen-bond donors (Lipinski definition) is 1. The van der Waals surface area contributed by atoms with Crippen molar-refractivity contribution in [3.8, 4) is 11.3 Å². The first-order valence-electron chi connectivity index (χ1n) is 10.7. The molecule has 0 saturated heterocycles. The van der Waals surface area contributed by atoms with Crippen LogP contribution in [-0.2, 0) is 17.5 Å². The van der Waals surface area contributed by atoms with Crippen molar-refractivity contribution in [2.24, 2.45) is 0 Å². The van der Waals surface area contributed by atoms with Gasteiger partial charge in [-0.3, -0.25) is 9.10 Å². The molecule has 1 aliphatic heterocycles. The number of carbonyl (C=O) groups excluding carboxylic acids is 1. The van der Waals surface area contributed by atoms with Crippen LogP contribution >= 0.6 is 0 Å². The highest BCUT2D eigenvalue weighted by Gasteiger charge is 2.30. The fourth-order valence-corrected chi connectivity index (χ4v) is 5.36. The average molecular weight is 463 g/mol. The SMILES string of the molecule is CNC(=O)c1c(-c2ccc(F)cc2)oc2cc3c(cc12)C(C)c1ccccc1CN3S(C)=O. The van der Waals surface area contributed by atoms with Gasteiger partial charge in [0.15, 0.2) is 0 Å². The zero-order chi connectivity index (χ0) is 23.3. The summed E-state index contributed by atoms with van der Waals surface area (Å²) in [5.74, 6) is -0.250. The van der Waals surface area contributed by atoms with E-state index in [-0.39, 0.29) is 17.6 Å². The first-order chi connectivity index (χ1) is 15.9. The van der Waals surface area contributed by atoms with Crippen LogP contribution in [0.2, 0.25) is 0 Å². The molecule has 2 heterocycles. The molecule has 168 valence electrons. The molecule has 33 heavy (non-hydrogen) atoms. The van der Waals surface area contributed by atoms with E-state index in [0.717, 1.165) is 22.4 Å². The number of halogens is 1. The van der Waals surface area contributed by atoms with Crippen molar-refractivity contribution < 1.29 is 17.8 Å². The molecular formula is C26H23FN2O3S. The second-order valence-electron chi connectivity index (χ2n) is 8.18. The molecule has 0 saturated carbocycles. The molecule has 0 fully saturated rings. The van der Waals surface area contributed by atoms with Crippen LogP contribution in [0.4, 0.5) is 10.1 Å². The summed E-state index contributed by atoms with van der Waals surface area (Å²) in [6, 6.07) is 17.9. The van der Waals surface area contributed by atoms with Crippen molar-refractivity contribution in [3.63, 3.8) is 0 Å². The molecule has 1 N–H and O–H groups in total. The lowest BCUT2D eigenvalue weighted by molar-refractivity contribution is 0.0964. The highest BCUT2D eigenvalue weighted by Crippen LogP contribution is 2.44. The van der Waals surface area contributed by atoms with Crippen molar-refractivity contribution in [2.75, 3.05) is 17.6 Å². The predicted molar refractivity (Wildman–Crippen MR) is 129 cm³/mol. The van der Waals surface area contributed by atoms with Gasteiger partial charge in [0.1, 0.15) is 28.1 Å². The van der Waals surface area contributed by atoms with E-state index in [4.69, 9.17) is 4.42 Å². The van der Waals surface area contributed by atoms with E-state index in [0.29, 0.717) is 34.4 Å². The van der Waals surface area contributed by atoms with E-state index >= 15 is 0 Å². The topological polar surface area (TPSA) is 62.6 Å². The monoisotopic (exact) mass is 462 g/mol. The summed E-state index contributed by atoms with van der Waals surface area (Å²) in [6.07, 6.45) is 1.66. The van der Waals surface area contributed by atoms with Crippen LogP contribution in [0.5, 0.6) is 0 Å². The second-order valence-corrected chi connectivity index (χ2v) is 9.47. The number of amides is 1. The smallest absolute Gasteiger partial charge is 0.255 e. The largest absolute Gasteiger partial charge is 0.455 e. The van der Waals surface area contributed by atoms with Gasteiger partial charge in [-0.1, -0.05) is 31.2 Å². The van der Waals surface area contributed by atoms with Gasteiger partial charge in [0.25, 0.3) is 5.91 Å². The number of hydrogen-bond acceptors (Lipinski definition) is 3. The Hall–Kier alpha value is -3.45. The summed E-state index contributed by atoms with van der Waals surface area (Å²) >= 11 is 0. The fraction of sp³-hybridized carbons (Fsp3) is 0.192. The van der Waals surface area contributed by atoms with Gasteiger partial charge in [-0.05, 0) is 47.0 Å². The van der Waals surface area contributed by atoms with Crippen molar-refractivity contribution >= 4 is 33.5 Å². The number of nitrogens with one attached hydrogen (secondary N) is 1. The molecule has 5 rings (SSSR count). The predicted octanol–water partition coefficient (Wildman–Crippen LogP) is 5.36. The molecule has 1 aliphatic rings. The van der Waals surface area contributed by atoms with Crippen LogP contribution in [0.1, 0.15) is 39.9 Å². The van der Waals surface area contributed by atoms with Crippen molar-refractivity contribution in [1.29, 1.82) is 0 Å². The van der Waals surface area contributed by atoms with Crippen molar-refractivity contribution in [2.45, 2.75) is 19.4 Å². The van der Waals surface area contributed by atoms with Crippen LogP contribution in [0.3, 0.4) is 0 Å². The Bertz CT molecular complexity index is 1410. The summed E-state index contributed by atoms with van der Waals surface area (Å²) in [4.78, 5) is 12.9. The standard InChI is InChI=1S/C26H23FN2O3S/c1-15-19-7-5-4-6-17(19)14-29(33(3)31)22-13-23-21(12-20(15)22)24(26(30)28-2)25(32-23)16-8-10-18(27)11-9-16/h4-13,15H,14H2,1-3H3,(H,28,30). The highest BCUT2D eigenvalue weighted by atomic mass is 32.2. The Kier molecular flexibility index (Phi) is 5.29. The number of rotatable bonds is 3. The van der Waals surface area contributed by atoms with Gasteiger partial charge in [-0.2, -0.15) is 0 Å². The molecule has 0 radical (unpaired) electrons. The molecule has 0 aliphatic carbocycles. The molecule has 3 aromatic carbocycles. The van der Waals surface area contributed by atoms with Crippen LogP contribution < -0.4 is 9.62 Å². The lowest BCUT2D eigenvalue weighted by atomic mass is 9.89. The van der Waals surface area contributed by atoms with Gasteiger partial charge in [-0.15, -0.1) is 0 Å². The maximum absolute atomic E-state index is 13.5. The Labute approximate surface area is 193 Å². The molecule has 2 unspecified atom stereocenters. The Balaban J connectivity index is 1.81. The van der Waals surface area contributed by atoms with Crippen molar-refractivity contribution in [1.82, 2.24) is 5.32 Å². The fourth-order valence-electron chi connectivity index (χ4n) is 4.60. The summed E-state index contributed by atoms with van der Waals surface area (Å²) in [5.41, 5.74) is 5.59. The summed E-state index contributed by atoms with van der Waals surface area (Å²) in [5, 5.41) is 3.36. The van der Waals surface area contributed by atoms with E-state index in [2.05, 4.69) is 24.4 Å². The van der Waals surface area contributed by atoms with Crippen LogP contribution in [0, 0.1) is 5.82 Å². The van der Waals surface area contributed by atoms with E-state index in [1.807, 2.05) is 28.6 Å². The lowest BCUT2D eigenvalue weighted by Crippen LogP contribution is -2.24.